The van der Waals surface area contributed by atoms with Crippen molar-refractivity contribution >= 4 is 58.8 Å². The molecular formula is C42H45BF2N6O6S. The van der Waals surface area contributed by atoms with Crippen LogP contribution in [0.5, 0.6) is 11.5 Å². The topological polar surface area (TPSA) is 145 Å². The van der Waals surface area contributed by atoms with Crippen LogP contribution in [0, 0.1) is 26.2 Å². The molecule has 4 aromatic rings. The minimum Gasteiger partial charge on any atom is -0.497 e. The van der Waals surface area contributed by atoms with Crippen LogP contribution in [0.25, 0.3) is 5.57 Å². The zero-order valence-electron chi connectivity index (χ0n) is 33.3. The molecule has 16 heteroatoms. The highest BCUT2D eigenvalue weighted by Gasteiger charge is 2.43. The summed E-state index contributed by atoms with van der Waals surface area (Å²) in [5, 5.41) is 9.74. The van der Waals surface area contributed by atoms with Crippen molar-refractivity contribution < 1.29 is 41.8 Å². The number of aromatic amines is 1. The van der Waals surface area contributed by atoms with E-state index in [-0.39, 0.29) is 24.5 Å². The first-order valence-electron chi connectivity index (χ1n) is 18.4. The molecular weight excluding hydrogens is 765 g/mol. The number of methoxy groups -OCH3 is 2. The third-order valence-electron chi connectivity index (χ3n) is 9.41. The fourth-order valence-corrected chi connectivity index (χ4v) is 7.75. The number of terminal acetylenes is 1. The number of carbonyl (C=O) groups is 4. The maximum absolute atomic E-state index is 15.1. The van der Waals surface area contributed by atoms with E-state index in [1.54, 1.807) is 79.9 Å². The van der Waals surface area contributed by atoms with Gasteiger partial charge in [-0.15, -0.1) is 17.8 Å². The molecule has 0 aliphatic carbocycles. The Balaban J connectivity index is 1.23. The Hall–Kier alpha value is -6.47. The van der Waals surface area contributed by atoms with Crippen LogP contribution >= 0.6 is 11.3 Å². The Morgan fingerprint density at radius 3 is 2.22 bits per heavy atom. The van der Waals surface area contributed by atoms with Gasteiger partial charge in [-0.2, -0.15) is 0 Å². The Morgan fingerprint density at radius 1 is 0.948 bits per heavy atom. The van der Waals surface area contributed by atoms with Crippen molar-refractivity contribution in [2.24, 2.45) is 0 Å². The molecule has 4 amide bonds. The molecule has 12 nitrogen and oxygen atoms in total. The van der Waals surface area contributed by atoms with Crippen LogP contribution in [0.15, 0.2) is 83.4 Å². The van der Waals surface area contributed by atoms with Crippen LogP contribution in [0.2, 0.25) is 6.82 Å². The van der Waals surface area contributed by atoms with Gasteiger partial charge < -0.3 is 43.5 Å². The normalized spacial score (nSPS) is 13.9. The molecule has 1 unspecified atom stereocenters. The summed E-state index contributed by atoms with van der Waals surface area (Å²) < 4.78 is 42.0. The fraction of sp³-hybridized carbons (Fsp3) is 0.262. The molecule has 1 aliphatic heterocycles. The number of halogens is 2. The van der Waals surface area contributed by atoms with Gasteiger partial charge in [0.2, 0.25) is 11.8 Å². The van der Waals surface area contributed by atoms with Gasteiger partial charge in [0.1, 0.15) is 17.2 Å². The number of ether oxygens (including phenoxy) is 2. The summed E-state index contributed by atoms with van der Waals surface area (Å²) in [6.07, 6.45) is 7.28. The molecule has 0 spiro atoms. The number of aromatic nitrogens is 1. The fourth-order valence-electron chi connectivity index (χ4n) is 6.94. The van der Waals surface area contributed by atoms with Crippen molar-refractivity contribution in [2.45, 2.75) is 40.6 Å². The van der Waals surface area contributed by atoms with E-state index in [1.807, 2.05) is 19.9 Å². The monoisotopic (exact) mass is 810 g/mol. The number of amides is 4. The lowest BCUT2D eigenvalue weighted by molar-refractivity contribution is -0.356. The zero-order valence-corrected chi connectivity index (χ0v) is 34.1. The number of nitrogens with one attached hydrogen (secondary N) is 4. The van der Waals surface area contributed by atoms with Gasteiger partial charge in [0.15, 0.2) is 11.7 Å². The number of rotatable bonds is 15. The quantitative estimate of drug-likeness (QED) is 0.0681. The first kappa shape index (κ1) is 42.7. The smallest absolute Gasteiger partial charge is 0.497 e. The van der Waals surface area contributed by atoms with Gasteiger partial charge in [0, 0.05) is 53.9 Å². The van der Waals surface area contributed by atoms with Crippen LogP contribution in [0.3, 0.4) is 0 Å². The molecule has 5 rings (SSSR count). The minimum absolute atomic E-state index is 0.0452. The van der Waals surface area contributed by atoms with Crippen LogP contribution in [-0.4, -0.2) is 79.5 Å². The molecule has 1 atom stereocenters. The standard InChI is InChI=1S/C42H45BF2N6O6S/c1-9-36(53)50(32-17-16-31(56-7)23-33(32)57-8)40(34-11-10-20-58-34)42(55)48-24-35(52)46-18-19-47-41(54)30-14-12-29(13-15-30)37(38-25(2)21-27(4)49-38)39-26(3)22-28(5)51(39)43(6,44)45/h1,10-17,20-23,40,49H,18-19,24H2,2-8H3,(H,46,52)(H,47,54)(H,48,55)/b39-37-. The van der Waals surface area contributed by atoms with Crippen LogP contribution < -0.4 is 30.3 Å². The van der Waals surface area contributed by atoms with Crippen molar-refractivity contribution in [3.63, 3.8) is 0 Å². The molecule has 302 valence electrons. The number of allylic oxidation sites excluding steroid dienone is 2. The van der Waals surface area contributed by atoms with E-state index < -0.39 is 43.1 Å². The van der Waals surface area contributed by atoms with E-state index in [0.717, 1.165) is 27.5 Å². The molecule has 0 fully saturated rings. The highest BCUT2D eigenvalue weighted by atomic mass is 32.1. The number of thiophene rings is 1. The first-order chi connectivity index (χ1) is 27.6. The molecule has 0 saturated heterocycles. The molecule has 0 saturated carbocycles. The molecule has 0 radical (unpaired) electrons. The largest absolute Gasteiger partial charge is 0.611 e. The summed E-state index contributed by atoms with van der Waals surface area (Å²) in [6, 6.07) is 15.5. The zero-order chi connectivity index (χ0) is 42.3. The van der Waals surface area contributed by atoms with Crippen LogP contribution in [0.1, 0.15) is 57.6 Å². The SMILES string of the molecule is C#CC(=O)N(c1ccc(OC)cc1OC)C(C(=O)NCC(=O)NCCNC(=O)c1ccc(/C(=C2\C(C)=CC(C)=[N+]2[B-](C)(F)F)c2[nH]c(C)cc2C)cc1)c1cccs1. The van der Waals surface area contributed by atoms with Crippen molar-refractivity contribution in [1.82, 2.24) is 20.9 Å². The number of hydrogen-bond acceptors (Lipinski definition) is 7. The van der Waals surface area contributed by atoms with Gasteiger partial charge in [-0.25, -0.2) is 0 Å². The second kappa shape index (κ2) is 18.2. The second-order valence-electron chi connectivity index (χ2n) is 13.7. The molecule has 0 bridgehead atoms. The Morgan fingerprint density at radius 2 is 1.64 bits per heavy atom. The van der Waals surface area contributed by atoms with Crippen molar-refractivity contribution in [1.29, 1.82) is 0 Å². The summed E-state index contributed by atoms with van der Waals surface area (Å²) in [6.45, 7) is 3.98. The third kappa shape index (κ3) is 9.38. The number of benzene rings is 2. The van der Waals surface area contributed by atoms with Crippen LogP contribution in [0.4, 0.5) is 14.3 Å². The predicted octanol–water partition coefficient (Wildman–Crippen LogP) is 5.78. The van der Waals surface area contributed by atoms with Gasteiger partial charge in [-0.1, -0.05) is 25.0 Å². The maximum Gasteiger partial charge on any atom is 0.611 e. The summed E-state index contributed by atoms with van der Waals surface area (Å²) >= 11 is 1.23. The lowest BCUT2D eigenvalue weighted by atomic mass is 9.81. The van der Waals surface area contributed by atoms with Gasteiger partial charge in [-0.05, 0) is 79.6 Å². The van der Waals surface area contributed by atoms with Crippen molar-refractivity contribution in [3.05, 3.63) is 116 Å². The highest BCUT2D eigenvalue weighted by molar-refractivity contribution is 7.10. The number of H-pyrrole nitrogens is 1. The summed E-state index contributed by atoms with van der Waals surface area (Å²) in [4.78, 5) is 57.7. The molecule has 1 aliphatic rings. The summed E-state index contributed by atoms with van der Waals surface area (Å²) in [7, 11) is 2.88. The van der Waals surface area contributed by atoms with E-state index in [9.17, 15) is 19.2 Å². The second-order valence-corrected chi connectivity index (χ2v) is 14.7. The van der Waals surface area contributed by atoms with Crippen molar-refractivity contribution in [3.8, 4) is 23.8 Å². The van der Waals surface area contributed by atoms with Gasteiger partial charge in [-0.3, -0.25) is 24.1 Å². The average molecular weight is 811 g/mol. The number of nitrogens with zero attached hydrogens (tertiary/aromatic N) is 2. The van der Waals surface area contributed by atoms with Gasteiger partial charge >= 0.3 is 12.7 Å². The molecule has 58 heavy (non-hydrogen) atoms. The van der Waals surface area contributed by atoms with E-state index in [1.165, 1.54) is 25.6 Å². The third-order valence-corrected chi connectivity index (χ3v) is 10.3. The molecule has 4 N–H and O–H groups in total. The lowest BCUT2D eigenvalue weighted by Gasteiger charge is -2.30. The lowest BCUT2D eigenvalue weighted by Crippen LogP contribution is -2.46. The van der Waals surface area contributed by atoms with Crippen molar-refractivity contribution in [2.75, 3.05) is 38.8 Å². The highest BCUT2D eigenvalue weighted by Crippen LogP contribution is 2.39. The molecule has 3 heterocycles. The average Bonchev–Trinajstić information content (AvgIpc) is 3.92. The van der Waals surface area contributed by atoms with Crippen LogP contribution in [-0.2, 0) is 14.4 Å². The van der Waals surface area contributed by atoms with E-state index in [4.69, 9.17) is 15.9 Å². The van der Waals surface area contributed by atoms with Gasteiger partial charge in [0.25, 0.3) is 5.91 Å². The van der Waals surface area contributed by atoms with E-state index in [0.29, 0.717) is 50.0 Å². The van der Waals surface area contributed by atoms with Gasteiger partial charge in [0.05, 0.1) is 37.7 Å². The Labute approximate surface area is 340 Å². The Bertz CT molecular complexity index is 2360. The Kier molecular flexibility index (Phi) is 13.4. The number of carbonyl (C=O) groups excluding carboxylic acids is 4. The van der Waals surface area contributed by atoms with E-state index in [2.05, 4.69) is 26.9 Å². The summed E-state index contributed by atoms with van der Waals surface area (Å²) in [5.41, 5.74) is 5.82. The minimum atomic E-state index is -3.91. The number of hydrogen-bond donors (Lipinski definition) is 4. The molecule has 2 aromatic heterocycles. The maximum atomic E-state index is 15.1. The molecule has 2 aromatic carbocycles. The van der Waals surface area contributed by atoms with E-state index >= 15 is 8.63 Å². The number of aryl methyl sites for hydroxylation is 2. The predicted molar refractivity (Wildman–Crippen MR) is 223 cm³/mol. The summed E-state index contributed by atoms with van der Waals surface area (Å²) in [5.74, 6) is 0.346. The first-order valence-corrected chi connectivity index (χ1v) is 19.2. The number of anilines is 1.